The lowest BCUT2D eigenvalue weighted by Gasteiger charge is -2.04. The van der Waals surface area contributed by atoms with Crippen molar-refractivity contribution in [2.24, 2.45) is 0 Å². The normalized spacial score (nSPS) is 10.1. The molecule has 0 unspecified atom stereocenters. The Bertz CT molecular complexity index is 447. The fourth-order valence-electron chi connectivity index (χ4n) is 1.22. The monoisotopic (exact) mass is 215 g/mol. The van der Waals surface area contributed by atoms with Gasteiger partial charge in [-0.3, -0.25) is 0 Å². The van der Waals surface area contributed by atoms with Gasteiger partial charge in [-0.1, -0.05) is 18.2 Å². The molecule has 0 saturated carbocycles. The second-order valence-electron chi connectivity index (χ2n) is 3.14. The van der Waals surface area contributed by atoms with Crippen LogP contribution in [0.3, 0.4) is 0 Å². The van der Waals surface area contributed by atoms with Crippen LogP contribution in [0.5, 0.6) is 0 Å². The van der Waals surface area contributed by atoms with Crippen molar-refractivity contribution in [1.29, 1.82) is 0 Å². The van der Waals surface area contributed by atoms with Crippen LogP contribution in [0.2, 0.25) is 0 Å². The third-order valence-electron chi connectivity index (χ3n) is 1.94. The Morgan fingerprint density at radius 3 is 2.75 bits per heavy atom. The first-order valence-electron chi connectivity index (χ1n) is 4.92. The summed E-state index contributed by atoms with van der Waals surface area (Å²) in [4.78, 5) is 11.8. The summed E-state index contributed by atoms with van der Waals surface area (Å²) in [6.07, 6.45) is 2.90. The molecule has 0 aliphatic carbocycles. The van der Waals surface area contributed by atoms with Crippen LogP contribution in [0.1, 0.15) is 5.82 Å². The predicted molar refractivity (Wildman–Crippen MR) is 59.2 cm³/mol. The van der Waals surface area contributed by atoms with Gasteiger partial charge in [0, 0.05) is 12.1 Å². The van der Waals surface area contributed by atoms with E-state index in [4.69, 9.17) is 5.11 Å². The summed E-state index contributed by atoms with van der Waals surface area (Å²) < 4.78 is 0. The van der Waals surface area contributed by atoms with Crippen molar-refractivity contribution in [3.05, 3.63) is 42.5 Å². The number of para-hydroxylation sites is 1. The molecule has 0 amide bonds. The molecule has 1 heterocycles. The van der Waals surface area contributed by atoms with Crippen LogP contribution in [-0.4, -0.2) is 26.7 Å². The maximum Gasteiger partial charge on any atom is 0.231 e. The smallest absolute Gasteiger partial charge is 0.231 e. The van der Waals surface area contributed by atoms with Crippen LogP contribution >= 0.6 is 0 Å². The van der Waals surface area contributed by atoms with Gasteiger partial charge in [-0.05, 0) is 12.1 Å². The maximum absolute atomic E-state index is 8.77. The molecular weight excluding hydrogens is 204 g/mol. The number of nitrogens with one attached hydrogen (secondary N) is 1. The van der Waals surface area contributed by atoms with E-state index in [0.29, 0.717) is 18.2 Å². The highest BCUT2D eigenvalue weighted by Gasteiger charge is 2.00. The first kappa shape index (κ1) is 10.5. The van der Waals surface area contributed by atoms with E-state index >= 15 is 0 Å². The molecule has 16 heavy (non-hydrogen) atoms. The fraction of sp³-hybridized carbons (Fsp3) is 0.182. The minimum absolute atomic E-state index is 0.0165. The van der Waals surface area contributed by atoms with E-state index in [1.165, 1.54) is 0 Å². The zero-order chi connectivity index (χ0) is 11.2. The van der Waals surface area contributed by atoms with Gasteiger partial charge in [0.1, 0.15) is 5.82 Å². The number of nitrogens with zero attached hydrogens (tertiary/aromatic N) is 3. The van der Waals surface area contributed by atoms with Gasteiger partial charge < -0.3 is 10.4 Å². The van der Waals surface area contributed by atoms with Crippen molar-refractivity contribution in [2.75, 3.05) is 11.9 Å². The third kappa shape index (κ3) is 2.74. The molecule has 1 aromatic heterocycles. The number of aliphatic hydroxyl groups excluding tert-OH is 1. The zero-order valence-electron chi connectivity index (χ0n) is 8.59. The summed E-state index contributed by atoms with van der Waals surface area (Å²) >= 11 is 0. The zero-order valence-corrected chi connectivity index (χ0v) is 8.59. The predicted octanol–water partition coefficient (Wildman–Crippen LogP) is 0.950. The average molecular weight is 215 g/mol. The number of hydrogen-bond acceptors (Lipinski definition) is 5. The number of hydrogen-bond donors (Lipinski definition) is 2. The molecule has 0 aliphatic heterocycles. The van der Waals surface area contributed by atoms with E-state index in [1.807, 2.05) is 30.3 Å². The molecular formula is C11H11N4O. The first-order chi connectivity index (χ1) is 7.88. The summed E-state index contributed by atoms with van der Waals surface area (Å²) in [6.45, 7) is 0.0165. The lowest BCUT2D eigenvalue weighted by atomic mass is 10.3. The van der Waals surface area contributed by atoms with E-state index in [9.17, 15) is 0 Å². The van der Waals surface area contributed by atoms with Crippen LogP contribution < -0.4 is 5.32 Å². The van der Waals surface area contributed by atoms with Crippen LogP contribution in [-0.2, 0) is 6.42 Å². The molecule has 0 aliphatic rings. The summed E-state index contributed by atoms with van der Waals surface area (Å²) in [5.41, 5.74) is 0.900. The standard InChI is InChI=1S/C11H11N4O/c16-7-6-10-12-8-13-11(15-10)14-9-4-2-1-3-5-9/h1-5,16H,6-7H2,(H,12,13,14,15). The molecule has 0 spiro atoms. The van der Waals surface area contributed by atoms with Crippen molar-refractivity contribution < 1.29 is 5.11 Å². The SMILES string of the molecule is OCCc1n[c]nc(Nc2ccccc2)n1. The first-order valence-corrected chi connectivity index (χ1v) is 4.92. The molecule has 0 saturated heterocycles. The number of aliphatic hydroxyl groups is 1. The van der Waals surface area contributed by atoms with Crippen LogP contribution in [0.4, 0.5) is 11.6 Å². The van der Waals surface area contributed by atoms with Gasteiger partial charge in [0.05, 0.1) is 6.61 Å². The van der Waals surface area contributed by atoms with Gasteiger partial charge in [0.2, 0.25) is 12.3 Å². The van der Waals surface area contributed by atoms with Gasteiger partial charge in [-0.2, -0.15) is 9.97 Å². The Kier molecular flexibility index (Phi) is 3.40. The Balaban J connectivity index is 2.12. The molecule has 0 fully saturated rings. The Morgan fingerprint density at radius 1 is 1.19 bits per heavy atom. The Morgan fingerprint density at radius 2 is 2.00 bits per heavy atom. The number of rotatable bonds is 4. The number of benzene rings is 1. The highest BCUT2D eigenvalue weighted by Crippen LogP contribution is 2.10. The molecule has 0 atom stereocenters. The van der Waals surface area contributed by atoms with Crippen LogP contribution in [0.15, 0.2) is 30.3 Å². The fourth-order valence-corrected chi connectivity index (χ4v) is 1.22. The number of anilines is 2. The summed E-state index contributed by atoms with van der Waals surface area (Å²) in [7, 11) is 0. The van der Waals surface area contributed by atoms with Gasteiger partial charge in [0.25, 0.3) is 0 Å². The second-order valence-corrected chi connectivity index (χ2v) is 3.14. The van der Waals surface area contributed by atoms with E-state index in [2.05, 4.69) is 26.6 Å². The molecule has 2 rings (SSSR count). The van der Waals surface area contributed by atoms with Crippen molar-refractivity contribution in [3.8, 4) is 0 Å². The van der Waals surface area contributed by atoms with Crippen molar-refractivity contribution in [3.63, 3.8) is 0 Å². The lowest BCUT2D eigenvalue weighted by Crippen LogP contribution is -2.04. The number of aromatic nitrogens is 3. The molecule has 5 heteroatoms. The quantitative estimate of drug-likeness (QED) is 0.794. The largest absolute Gasteiger partial charge is 0.396 e. The molecule has 2 N–H and O–H groups in total. The van der Waals surface area contributed by atoms with E-state index in [0.717, 1.165) is 5.69 Å². The van der Waals surface area contributed by atoms with Crippen LogP contribution in [0.25, 0.3) is 0 Å². The molecule has 1 radical (unpaired) electrons. The highest BCUT2D eigenvalue weighted by molar-refractivity contribution is 5.52. The van der Waals surface area contributed by atoms with E-state index in [-0.39, 0.29) is 6.61 Å². The van der Waals surface area contributed by atoms with Gasteiger partial charge in [-0.15, -0.1) is 0 Å². The Hall–Kier alpha value is -2.01. The van der Waals surface area contributed by atoms with Gasteiger partial charge >= 0.3 is 0 Å². The Labute approximate surface area is 93.2 Å². The van der Waals surface area contributed by atoms with E-state index < -0.39 is 0 Å². The minimum Gasteiger partial charge on any atom is -0.396 e. The molecule has 2 aromatic rings. The van der Waals surface area contributed by atoms with Gasteiger partial charge in [0.15, 0.2) is 0 Å². The van der Waals surface area contributed by atoms with E-state index in [1.54, 1.807) is 0 Å². The topological polar surface area (TPSA) is 70.9 Å². The van der Waals surface area contributed by atoms with Crippen LogP contribution in [0, 0.1) is 6.33 Å². The summed E-state index contributed by atoms with van der Waals surface area (Å²) in [5, 5.41) is 11.8. The van der Waals surface area contributed by atoms with Crippen molar-refractivity contribution in [2.45, 2.75) is 6.42 Å². The maximum atomic E-state index is 8.77. The average Bonchev–Trinajstić information content (AvgIpc) is 2.31. The molecule has 1 aromatic carbocycles. The van der Waals surface area contributed by atoms with Gasteiger partial charge in [-0.25, -0.2) is 4.98 Å². The summed E-state index contributed by atoms with van der Waals surface area (Å²) in [6, 6.07) is 9.59. The highest BCUT2D eigenvalue weighted by atomic mass is 16.3. The minimum atomic E-state index is 0.0165. The summed E-state index contributed by atoms with van der Waals surface area (Å²) in [5.74, 6) is 0.959. The third-order valence-corrected chi connectivity index (χ3v) is 1.94. The molecule has 81 valence electrons. The lowest BCUT2D eigenvalue weighted by molar-refractivity contribution is 0.296. The second kappa shape index (κ2) is 5.18. The molecule has 0 bridgehead atoms. The molecule has 5 nitrogen and oxygen atoms in total. The van der Waals surface area contributed by atoms with Crippen molar-refractivity contribution >= 4 is 11.6 Å². The van der Waals surface area contributed by atoms with Crippen molar-refractivity contribution in [1.82, 2.24) is 15.0 Å².